The van der Waals surface area contributed by atoms with Gasteiger partial charge < -0.3 is 9.84 Å². The lowest BCUT2D eigenvalue weighted by molar-refractivity contribution is -0.139. The Labute approximate surface area is 202 Å². The predicted molar refractivity (Wildman–Crippen MR) is 134 cm³/mol. The number of unbranched alkanes of at least 4 members (excludes halogenated alkanes) is 1. The maximum atomic E-state index is 13.3. The van der Waals surface area contributed by atoms with Gasteiger partial charge in [-0.15, -0.1) is 11.8 Å². The first kappa shape index (κ1) is 27.2. The largest absolute Gasteiger partial charge is 0.482 e. The number of benzene rings is 2. The fourth-order valence-electron chi connectivity index (χ4n) is 3.47. The van der Waals surface area contributed by atoms with Crippen LogP contribution in [0.5, 0.6) is 5.75 Å². The lowest BCUT2D eigenvalue weighted by Gasteiger charge is -2.25. The molecule has 1 atom stereocenters. The van der Waals surface area contributed by atoms with Gasteiger partial charge in [0, 0.05) is 23.2 Å². The lowest BCUT2D eigenvalue weighted by Crippen LogP contribution is -2.36. The van der Waals surface area contributed by atoms with Crippen molar-refractivity contribution in [2.45, 2.75) is 68.4 Å². The van der Waals surface area contributed by atoms with Crippen LogP contribution < -0.4 is 4.74 Å². The molecule has 8 heteroatoms. The Morgan fingerprint density at radius 2 is 1.82 bits per heavy atom. The Bertz CT molecular complexity index is 1010. The summed E-state index contributed by atoms with van der Waals surface area (Å²) in [6.07, 6.45) is 3.90. The normalized spacial score (nSPS) is 12.6. The van der Waals surface area contributed by atoms with Crippen molar-refractivity contribution in [2.24, 2.45) is 0 Å². The minimum atomic E-state index is -3.57. The van der Waals surface area contributed by atoms with Crippen molar-refractivity contribution in [3.05, 3.63) is 53.6 Å². The lowest BCUT2D eigenvalue weighted by atomic mass is 10.1. The smallest absolute Gasteiger partial charge is 0.341 e. The second-order valence-corrected chi connectivity index (χ2v) is 11.6. The maximum Gasteiger partial charge on any atom is 0.341 e. The van der Waals surface area contributed by atoms with E-state index in [0.29, 0.717) is 23.7 Å². The van der Waals surface area contributed by atoms with E-state index in [-0.39, 0.29) is 11.9 Å². The molecule has 1 N–H and O–H groups in total. The van der Waals surface area contributed by atoms with Gasteiger partial charge in [0.15, 0.2) is 6.61 Å². The molecular formula is C25H35NO5S2. The molecule has 2 aromatic rings. The molecule has 0 unspecified atom stereocenters. The van der Waals surface area contributed by atoms with Gasteiger partial charge in [-0.05, 0) is 67.6 Å². The highest BCUT2D eigenvalue weighted by Gasteiger charge is 2.25. The van der Waals surface area contributed by atoms with Gasteiger partial charge in [0.25, 0.3) is 0 Å². The number of aryl methyl sites for hydroxylation is 2. The van der Waals surface area contributed by atoms with E-state index in [1.807, 2.05) is 45.0 Å². The molecule has 0 aliphatic rings. The number of thioether (sulfide) groups is 1. The molecular weight excluding hydrogens is 458 g/mol. The molecule has 33 heavy (non-hydrogen) atoms. The van der Waals surface area contributed by atoms with E-state index in [4.69, 9.17) is 9.84 Å². The molecule has 6 nitrogen and oxygen atoms in total. The summed E-state index contributed by atoms with van der Waals surface area (Å²) >= 11 is 1.59. The standard InChI is InChI=1S/C25H35NO5S2/c1-5-7-8-21-9-12-23(13-10-21)33(29,30)26(15-6-2)17-20(4)32-22-11-14-24(19(3)16-22)31-18-25(27)28/h9-14,16,20H,5-8,15,17-18H2,1-4H3,(H,27,28)/t20-/m1/s1. The first-order valence-electron chi connectivity index (χ1n) is 11.4. The van der Waals surface area contributed by atoms with Gasteiger partial charge in [-0.1, -0.05) is 39.3 Å². The van der Waals surface area contributed by atoms with Crippen LogP contribution in [-0.2, 0) is 21.2 Å². The third-order valence-electron chi connectivity index (χ3n) is 5.15. The molecule has 0 aromatic heterocycles. The van der Waals surface area contributed by atoms with Gasteiger partial charge in [0.2, 0.25) is 10.0 Å². The number of sulfonamides is 1. The van der Waals surface area contributed by atoms with E-state index >= 15 is 0 Å². The predicted octanol–water partition coefficient (Wildman–Crippen LogP) is 5.38. The molecule has 0 saturated heterocycles. The molecule has 0 radical (unpaired) electrons. The number of carboxylic acid groups (broad SMARTS) is 1. The van der Waals surface area contributed by atoms with Crippen LogP contribution in [0.25, 0.3) is 0 Å². The summed E-state index contributed by atoms with van der Waals surface area (Å²) in [6, 6.07) is 12.8. The third-order valence-corrected chi connectivity index (χ3v) is 8.11. The maximum absolute atomic E-state index is 13.3. The highest BCUT2D eigenvalue weighted by Crippen LogP contribution is 2.30. The van der Waals surface area contributed by atoms with Crippen molar-refractivity contribution in [3.63, 3.8) is 0 Å². The molecule has 0 spiro atoms. The van der Waals surface area contributed by atoms with Gasteiger partial charge in [-0.3, -0.25) is 0 Å². The van der Waals surface area contributed by atoms with E-state index in [1.165, 1.54) is 0 Å². The fraction of sp³-hybridized carbons (Fsp3) is 0.480. The van der Waals surface area contributed by atoms with Gasteiger partial charge in [-0.25, -0.2) is 13.2 Å². The van der Waals surface area contributed by atoms with Crippen molar-refractivity contribution in [1.29, 1.82) is 0 Å². The van der Waals surface area contributed by atoms with Gasteiger partial charge in [0.1, 0.15) is 5.75 Å². The summed E-state index contributed by atoms with van der Waals surface area (Å²) in [5, 5.41) is 8.81. The van der Waals surface area contributed by atoms with Crippen LogP contribution >= 0.6 is 11.8 Å². The average molecular weight is 494 g/mol. The minimum absolute atomic E-state index is 0.0281. The van der Waals surface area contributed by atoms with Crippen molar-refractivity contribution >= 4 is 27.8 Å². The minimum Gasteiger partial charge on any atom is -0.482 e. The Kier molecular flexibility index (Phi) is 10.7. The van der Waals surface area contributed by atoms with Gasteiger partial charge in [0.05, 0.1) is 4.90 Å². The second-order valence-electron chi connectivity index (χ2n) is 8.15. The number of ether oxygens (including phenoxy) is 1. The summed E-state index contributed by atoms with van der Waals surface area (Å²) in [5.41, 5.74) is 2.00. The zero-order chi connectivity index (χ0) is 24.4. The number of carboxylic acids is 1. The zero-order valence-electron chi connectivity index (χ0n) is 19.9. The third kappa shape index (κ3) is 8.36. The summed E-state index contributed by atoms with van der Waals surface area (Å²) in [6.45, 7) is 8.48. The Morgan fingerprint density at radius 3 is 2.39 bits per heavy atom. The summed E-state index contributed by atoms with van der Waals surface area (Å²) in [5.74, 6) is -0.485. The number of rotatable bonds is 14. The molecule has 0 aliphatic heterocycles. The van der Waals surface area contributed by atoms with Crippen LogP contribution in [0.2, 0.25) is 0 Å². The van der Waals surface area contributed by atoms with E-state index in [1.54, 1.807) is 34.3 Å². The zero-order valence-corrected chi connectivity index (χ0v) is 21.5. The van der Waals surface area contributed by atoms with E-state index < -0.39 is 16.0 Å². The average Bonchev–Trinajstić information content (AvgIpc) is 2.77. The first-order chi connectivity index (χ1) is 15.7. The van der Waals surface area contributed by atoms with Crippen LogP contribution in [0, 0.1) is 6.92 Å². The summed E-state index contributed by atoms with van der Waals surface area (Å²) < 4.78 is 33.5. The SMILES string of the molecule is CCCCc1ccc(S(=O)(=O)N(CCC)C[C@@H](C)Sc2ccc(OCC(=O)O)c(C)c2)cc1. The van der Waals surface area contributed by atoms with Crippen LogP contribution in [0.15, 0.2) is 52.3 Å². The van der Waals surface area contributed by atoms with E-state index in [0.717, 1.165) is 41.7 Å². The number of carbonyl (C=O) groups is 1. The van der Waals surface area contributed by atoms with E-state index in [9.17, 15) is 13.2 Å². The Morgan fingerprint density at radius 1 is 1.12 bits per heavy atom. The topological polar surface area (TPSA) is 83.9 Å². The molecule has 0 fully saturated rings. The van der Waals surface area contributed by atoms with Gasteiger partial charge in [-0.2, -0.15) is 4.31 Å². The fourth-order valence-corrected chi connectivity index (χ4v) is 6.30. The van der Waals surface area contributed by atoms with Crippen LogP contribution in [-0.4, -0.2) is 48.7 Å². The van der Waals surface area contributed by atoms with Crippen molar-refractivity contribution in [3.8, 4) is 5.75 Å². The molecule has 2 rings (SSSR count). The molecule has 0 bridgehead atoms. The monoisotopic (exact) mass is 493 g/mol. The Hall–Kier alpha value is -2.03. The highest BCUT2D eigenvalue weighted by atomic mass is 32.2. The Balaban J connectivity index is 2.08. The van der Waals surface area contributed by atoms with E-state index in [2.05, 4.69) is 6.92 Å². The highest BCUT2D eigenvalue weighted by molar-refractivity contribution is 8.00. The number of hydrogen-bond acceptors (Lipinski definition) is 5. The molecule has 2 aromatic carbocycles. The quantitative estimate of drug-likeness (QED) is 0.356. The molecule has 182 valence electrons. The van der Waals surface area contributed by atoms with Crippen LogP contribution in [0.1, 0.15) is 51.2 Å². The molecule has 0 heterocycles. The molecule has 0 saturated carbocycles. The first-order valence-corrected chi connectivity index (χ1v) is 13.7. The molecule has 0 aliphatic carbocycles. The summed E-state index contributed by atoms with van der Waals surface area (Å²) in [7, 11) is -3.57. The van der Waals surface area contributed by atoms with Crippen molar-refractivity contribution in [1.82, 2.24) is 4.31 Å². The van der Waals surface area contributed by atoms with Crippen molar-refractivity contribution in [2.75, 3.05) is 19.7 Å². The number of aliphatic carboxylic acids is 1. The molecule has 0 amide bonds. The number of hydrogen-bond donors (Lipinski definition) is 1. The van der Waals surface area contributed by atoms with Crippen LogP contribution in [0.4, 0.5) is 0 Å². The summed E-state index contributed by atoms with van der Waals surface area (Å²) in [4.78, 5) is 12.0. The second kappa shape index (κ2) is 13.0. The van der Waals surface area contributed by atoms with Gasteiger partial charge >= 0.3 is 5.97 Å². The van der Waals surface area contributed by atoms with Crippen molar-refractivity contribution < 1.29 is 23.1 Å². The number of nitrogens with zero attached hydrogens (tertiary/aromatic N) is 1. The van der Waals surface area contributed by atoms with Crippen LogP contribution in [0.3, 0.4) is 0 Å².